The van der Waals surface area contributed by atoms with E-state index >= 15 is 0 Å². The summed E-state index contributed by atoms with van der Waals surface area (Å²) >= 11 is 0. The molecule has 0 radical (unpaired) electrons. The third kappa shape index (κ3) is 5.47. The second-order valence-electron chi connectivity index (χ2n) is 11.6. The van der Waals surface area contributed by atoms with Crippen molar-refractivity contribution >= 4 is 22.3 Å². The number of pyridine rings is 1. The quantitative estimate of drug-likeness (QED) is 0.312. The van der Waals surface area contributed by atoms with E-state index in [0.717, 1.165) is 42.7 Å². The number of ketones is 1. The predicted octanol–water partition coefficient (Wildman–Crippen LogP) is 5.31. The summed E-state index contributed by atoms with van der Waals surface area (Å²) in [6, 6.07) is 8.85. The molecule has 0 saturated carbocycles. The first-order valence-electron chi connectivity index (χ1n) is 13.6. The minimum atomic E-state index is -0.788. The molecule has 3 aromatic heterocycles. The Morgan fingerprint density at radius 3 is 2.68 bits per heavy atom. The lowest BCUT2D eigenvalue weighted by atomic mass is 9.87. The van der Waals surface area contributed by atoms with E-state index in [4.69, 9.17) is 4.74 Å². The van der Waals surface area contributed by atoms with Crippen molar-refractivity contribution in [2.24, 2.45) is 0 Å². The van der Waals surface area contributed by atoms with Crippen LogP contribution < -0.4 is 4.74 Å². The first kappa shape index (κ1) is 26.4. The molecule has 38 heavy (non-hydrogen) atoms. The maximum Gasteiger partial charge on any atom is 0.197 e. The molecule has 0 unspecified atom stereocenters. The lowest BCUT2D eigenvalue weighted by Gasteiger charge is -2.32. The summed E-state index contributed by atoms with van der Waals surface area (Å²) in [6.45, 7) is 10.3. The minimum absolute atomic E-state index is 0.217. The average Bonchev–Trinajstić information content (AvgIpc) is 3.51. The highest BCUT2D eigenvalue weighted by Crippen LogP contribution is 2.39. The first-order chi connectivity index (χ1) is 18.1. The van der Waals surface area contributed by atoms with Gasteiger partial charge in [-0.15, -0.1) is 0 Å². The topological polar surface area (TPSA) is 95.8 Å². The molecule has 0 aliphatic carbocycles. The Morgan fingerprint density at radius 1 is 1.24 bits per heavy atom. The molecule has 2 N–H and O–H groups in total. The van der Waals surface area contributed by atoms with E-state index in [1.54, 1.807) is 31.8 Å². The number of H-pyrrole nitrogens is 1. The van der Waals surface area contributed by atoms with Crippen LogP contribution in [0.5, 0.6) is 5.75 Å². The Labute approximate surface area is 224 Å². The van der Waals surface area contributed by atoms with Crippen molar-refractivity contribution in [2.75, 3.05) is 26.7 Å². The zero-order chi connectivity index (χ0) is 27.0. The van der Waals surface area contributed by atoms with E-state index in [1.807, 2.05) is 12.3 Å². The molecule has 0 bridgehead atoms. The molecule has 202 valence electrons. The monoisotopic (exact) mass is 517 g/mol. The summed E-state index contributed by atoms with van der Waals surface area (Å²) in [7, 11) is 1.66. The summed E-state index contributed by atoms with van der Waals surface area (Å²) in [6.07, 6.45) is 6.57. The Balaban J connectivity index is 1.36. The van der Waals surface area contributed by atoms with Crippen molar-refractivity contribution in [2.45, 2.75) is 70.8 Å². The van der Waals surface area contributed by atoms with Crippen molar-refractivity contribution in [3.8, 4) is 17.0 Å². The molecule has 5 rings (SSSR count). The molecule has 4 heterocycles. The van der Waals surface area contributed by atoms with Gasteiger partial charge in [0.15, 0.2) is 11.4 Å². The van der Waals surface area contributed by atoms with Gasteiger partial charge in [-0.25, -0.2) is 9.50 Å². The van der Waals surface area contributed by atoms with Gasteiger partial charge in [0, 0.05) is 29.1 Å². The van der Waals surface area contributed by atoms with Crippen LogP contribution in [0.2, 0.25) is 0 Å². The fourth-order valence-corrected chi connectivity index (χ4v) is 5.69. The third-order valence-electron chi connectivity index (χ3n) is 7.76. The highest BCUT2D eigenvalue weighted by atomic mass is 16.5. The molecule has 4 aromatic rings. The Hall–Kier alpha value is -3.23. The number of Topliss-reactive ketones (excluding diaryl/α,β-unsaturated/α-hetero) is 1. The predicted molar refractivity (Wildman–Crippen MR) is 150 cm³/mol. The van der Waals surface area contributed by atoms with Crippen LogP contribution in [0, 0.1) is 0 Å². The largest absolute Gasteiger partial charge is 0.493 e. The van der Waals surface area contributed by atoms with E-state index in [2.05, 4.69) is 52.0 Å². The molecule has 1 aliphatic rings. The zero-order valence-electron chi connectivity index (χ0n) is 23.1. The van der Waals surface area contributed by atoms with Crippen LogP contribution in [0.3, 0.4) is 0 Å². The molecule has 1 saturated heterocycles. The van der Waals surface area contributed by atoms with Gasteiger partial charge in [-0.2, -0.15) is 5.10 Å². The van der Waals surface area contributed by atoms with Gasteiger partial charge >= 0.3 is 0 Å². The number of likely N-dealkylation sites (tertiary alicyclic amines) is 1. The van der Waals surface area contributed by atoms with Gasteiger partial charge < -0.3 is 14.8 Å². The Kier molecular flexibility index (Phi) is 7.29. The van der Waals surface area contributed by atoms with E-state index in [9.17, 15) is 9.90 Å². The number of aromatic amines is 1. The molecule has 1 aromatic carbocycles. The number of carbonyl (C=O) groups is 1. The number of hydrogen-bond donors (Lipinski definition) is 2. The second-order valence-corrected chi connectivity index (χ2v) is 11.6. The van der Waals surface area contributed by atoms with Crippen molar-refractivity contribution in [3.05, 3.63) is 47.9 Å². The van der Waals surface area contributed by atoms with Crippen molar-refractivity contribution in [1.29, 1.82) is 0 Å². The number of carbonyl (C=O) groups excluding carboxylic acids is 1. The van der Waals surface area contributed by atoms with Gasteiger partial charge in [0.2, 0.25) is 0 Å². The number of fused-ring (bicyclic) bond motifs is 2. The normalized spacial score (nSPS) is 15.7. The first-order valence-corrected chi connectivity index (χ1v) is 13.6. The summed E-state index contributed by atoms with van der Waals surface area (Å²) in [4.78, 5) is 22.7. The number of benzene rings is 1. The van der Waals surface area contributed by atoms with Crippen LogP contribution in [-0.4, -0.2) is 67.7 Å². The lowest BCUT2D eigenvalue weighted by Crippen LogP contribution is -2.37. The Morgan fingerprint density at radius 2 is 2.00 bits per heavy atom. The summed E-state index contributed by atoms with van der Waals surface area (Å²) in [5.74, 6) is 1.71. The molecular formula is C30H39N5O3. The van der Waals surface area contributed by atoms with Crippen LogP contribution in [-0.2, 0) is 4.79 Å². The van der Waals surface area contributed by atoms with Gasteiger partial charge in [0.25, 0.3) is 0 Å². The smallest absolute Gasteiger partial charge is 0.197 e. The second kappa shape index (κ2) is 10.5. The standard InChI is InChI=1S/C30H39N5O3/c1-19(2)27-24-14-21(20-9-12-34(13-10-20)17-23(36)8-11-30(3,4)37)6-7-25(24)33-28(27)22-15-26(38-5)29-31-18-32-35(29)16-22/h6-7,14-16,18-20,33,37H,8-13,17H2,1-5H3. The number of methoxy groups -OCH3 is 1. The maximum absolute atomic E-state index is 12.4. The number of aromatic nitrogens is 4. The zero-order valence-corrected chi connectivity index (χ0v) is 23.1. The number of aliphatic hydroxyl groups is 1. The van der Waals surface area contributed by atoms with Gasteiger partial charge in [0.05, 0.1) is 24.9 Å². The summed E-state index contributed by atoms with van der Waals surface area (Å²) in [5, 5.41) is 15.5. The van der Waals surface area contributed by atoms with E-state index in [1.165, 1.54) is 16.5 Å². The minimum Gasteiger partial charge on any atom is -0.493 e. The lowest BCUT2D eigenvalue weighted by molar-refractivity contribution is -0.121. The number of nitrogens with zero attached hydrogens (tertiary/aromatic N) is 4. The van der Waals surface area contributed by atoms with E-state index in [-0.39, 0.29) is 5.78 Å². The number of piperidine rings is 1. The van der Waals surface area contributed by atoms with Crippen molar-refractivity contribution < 1.29 is 14.6 Å². The third-order valence-corrected chi connectivity index (χ3v) is 7.76. The molecule has 0 atom stereocenters. The molecule has 8 nitrogen and oxygen atoms in total. The molecular weight excluding hydrogens is 478 g/mol. The highest BCUT2D eigenvalue weighted by molar-refractivity contribution is 5.92. The van der Waals surface area contributed by atoms with Crippen LogP contribution in [0.1, 0.15) is 76.3 Å². The fraction of sp³-hybridized carbons (Fsp3) is 0.500. The molecule has 8 heteroatoms. The van der Waals surface area contributed by atoms with E-state index in [0.29, 0.717) is 42.6 Å². The highest BCUT2D eigenvalue weighted by Gasteiger charge is 2.25. The number of nitrogens with one attached hydrogen (secondary N) is 1. The van der Waals surface area contributed by atoms with Gasteiger partial charge in [-0.3, -0.25) is 9.69 Å². The van der Waals surface area contributed by atoms with Crippen LogP contribution in [0.4, 0.5) is 0 Å². The molecule has 0 amide bonds. The molecule has 0 spiro atoms. The van der Waals surface area contributed by atoms with Crippen molar-refractivity contribution in [1.82, 2.24) is 24.5 Å². The van der Waals surface area contributed by atoms with Crippen molar-refractivity contribution in [3.63, 3.8) is 0 Å². The van der Waals surface area contributed by atoms with Crippen LogP contribution in [0.15, 0.2) is 36.8 Å². The van der Waals surface area contributed by atoms with Gasteiger partial charge in [0.1, 0.15) is 12.1 Å². The van der Waals surface area contributed by atoms with Crippen LogP contribution in [0.25, 0.3) is 27.8 Å². The summed E-state index contributed by atoms with van der Waals surface area (Å²) in [5.41, 5.74) is 5.79. The molecule has 1 aliphatic heterocycles. The number of ether oxygens (including phenoxy) is 1. The maximum atomic E-state index is 12.4. The fourth-order valence-electron chi connectivity index (χ4n) is 5.69. The number of rotatable bonds is 9. The van der Waals surface area contributed by atoms with Gasteiger partial charge in [-0.05, 0) is 87.4 Å². The average molecular weight is 518 g/mol. The summed E-state index contributed by atoms with van der Waals surface area (Å²) < 4.78 is 7.37. The van der Waals surface area contributed by atoms with E-state index < -0.39 is 5.60 Å². The SMILES string of the molecule is COc1cc(-c2[nH]c3ccc(C4CCN(CC(=O)CCC(C)(C)O)CC4)cc3c2C(C)C)cn2ncnc12. The van der Waals surface area contributed by atoms with Crippen LogP contribution >= 0.6 is 0 Å². The molecule has 1 fully saturated rings. The Bertz CT molecular complexity index is 1440. The van der Waals surface area contributed by atoms with Gasteiger partial charge in [-0.1, -0.05) is 19.9 Å². The number of hydrogen-bond acceptors (Lipinski definition) is 6.